The molecule has 1 atom stereocenters. The van der Waals surface area contributed by atoms with Gasteiger partial charge >= 0.3 is 5.97 Å². The summed E-state index contributed by atoms with van der Waals surface area (Å²) >= 11 is 0. The van der Waals surface area contributed by atoms with E-state index >= 15 is 0 Å². The molecule has 0 bridgehead atoms. The molecule has 9 nitrogen and oxygen atoms in total. The van der Waals surface area contributed by atoms with E-state index in [-0.39, 0.29) is 18.2 Å². The summed E-state index contributed by atoms with van der Waals surface area (Å²) in [5.41, 5.74) is 0. The lowest BCUT2D eigenvalue weighted by Gasteiger charge is -2.36. The molecule has 2 aliphatic rings. The minimum absolute atomic E-state index is 0.0251. The van der Waals surface area contributed by atoms with E-state index in [1.54, 1.807) is 0 Å². The van der Waals surface area contributed by atoms with E-state index < -0.39 is 5.97 Å². The number of likely N-dealkylation sites (N-methyl/N-ethyl adjacent to an activating group) is 1. The normalized spacial score (nSPS) is 21.2. The summed E-state index contributed by atoms with van der Waals surface area (Å²) in [7, 11) is 2.16. The molecular weight excluding hydrogens is 385 g/mol. The number of nitrogens with one attached hydrogen (secondary N) is 2. The number of rotatable bonds is 12. The molecule has 0 spiro atoms. The van der Waals surface area contributed by atoms with E-state index in [0.29, 0.717) is 44.9 Å². The molecule has 1 unspecified atom stereocenters. The number of carbonyl (C=O) groups is 3. The van der Waals surface area contributed by atoms with Gasteiger partial charge in [-0.3, -0.25) is 24.2 Å². The fraction of sp³-hybridized carbons (Fsp3) is 0.850. The van der Waals surface area contributed by atoms with Gasteiger partial charge in [-0.05, 0) is 39.3 Å². The molecule has 0 saturated carbocycles. The Morgan fingerprint density at radius 1 is 0.931 bits per heavy atom. The van der Waals surface area contributed by atoms with Crippen LogP contribution in [-0.2, 0) is 14.4 Å². The molecule has 2 saturated heterocycles. The lowest BCUT2D eigenvalue weighted by Crippen LogP contribution is -2.50. The van der Waals surface area contributed by atoms with Crippen molar-refractivity contribution in [2.75, 3.05) is 66.0 Å². The van der Waals surface area contributed by atoms with Gasteiger partial charge in [-0.25, -0.2) is 0 Å². The van der Waals surface area contributed by atoms with Crippen molar-refractivity contribution in [2.24, 2.45) is 0 Å². The third kappa shape index (κ3) is 9.56. The number of carboxylic acids is 1. The number of aliphatic carboxylic acids is 1. The number of likely N-dealkylation sites (tertiary alicyclic amines) is 1. The second-order valence-corrected chi connectivity index (χ2v) is 8.17. The van der Waals surface area contributed by atoms with Crippen LogP contribution in [-0.4, -0.2) is 110 Å². The number of hydrogen-bond donors (Lipinski definition) is 3. The highest BCUT2D eigenvalue weighted by molar-refractivity contribution is 5.78. The maximum Gasteiger partial charge on any atom is 0.303 e. The van der Waals surface area contributed by atoms with Gasteiger partial charge in [0, 0.05) is 64.7 Å². The smallest absolute Gasteiger partial charge is 0.303 e. The first-order valence-electron chi connectivity index (χ1n) is 10.8. The molecule has 2 fully saturated rings. The summed E-state index contributed by atoms with van der Waals surface area (Å²) in [6.07, 6.45) is 3.71. The molecular formula is C20H37N5O4. The van der Waals surface area contributed by atoms with Gasteiger partial charge < -0.3 is 20.6 Å². The summed E-state index contributed by atoms with van der Waals surface area (Å²) in [6, 6.07) is 0.459. The van der Waals surface area contributed by atoms with Crippen LogP contribution in [0.2, 0.25) is 0 Å². The van der Waals surface area contributed by atoms with Crippen molar-refractivity contribution >= 4 is 17.8 Å². The summed E-state index contributed by atoms with van der Waals surface area (Å²) in [6.45, 7) is 7.74. The lowest BCUT2D eigenvalue weighted by atomic mass is 10.3. The Hall–Kier alpha value is -1.71. The topological polar surface area (TPSA) is 105 Å². The van der Waals surface area contributed by atoms with Gasteiger partial charge in [0.05, 0.1) is 6.54 Å². The SMILES string of the molecule is CN1CCN([13CH2][13CH]2[13CH2][13CH2][13CH2][15N]2[13CH2]C(=O)[15NH]C[13CH2][13CH2][13C](=O)NCCCC(=O)O)CC1. The Morgan fingerprint density at radius 3 is 2.28 bits per heavy atom. The van der Waals surface area contributed by atoms with Crippen LogP contribution in [0.15, 0.2) is 0 Å². The van der Waals surface area contributed by atoms with Gasteiger partial charge in [0.2, 0.25) is 11.8 Å². The zero-order valence-electron chi connectivity index (χ0n) is 17.7. The summed E-state index contributed by atoms with van der Waals surface area (Å²) in [5, 5.41) is 14.2. The van der Waals surface area contributed by atoms with E-state index in [2.05, 4.69) is 32.4 Å². The maximum atomic E-state index is 12.3. The van der Waals surface area contributed by atoms with Crippen LogP contribution < -0.4 is 10.6 Å². The summed E-state index contributed by atoms with van der Waals surface area (Å²) in [4.78, 5) is 41.5. The number of hydrogen-bond acceptors (Lipinski definition) is 6. The van der Waals surface area contributed by atoms with Gasteiger partial charge in [0.25, 0.3) is 0 Å². The molecule has 166 valence electrons. The van der Waals surface area contributed by atoms with Crippen LogP contribution in [0.25, 0.3) is 0 Å². The average molecular weight is 422 g/mol. The third-order valence-electron chi connectivity index (χ3n) is 5.70. The van der Waals surface area contributed by atoms with E-state index in [0.717, 1.165) is 52.1 Å². The molecule has 3 N–H and O–H groups in total. The first-order chi connectivity index (χ1) is 13.9. The van der Waals surface area contributed by atoms with Gasteiger partial charge in [0.15, 0.2) is 0 Å². The fourth-order valence-corrected chi connectivity index (χ4v) is 3.91. The number of piperazine rings is 1. The van der Waals surface area contributed by atoms with Gasteiger partial charge in [-0.2, -0.15) is 0 Å². The van der Waals surface area contributed by atoms with Crippen molar-refractivity contribution < 1.29 is 19.5 Å². The highest BCUT2D eigenvalue weighted by Gasteiger charge is 2.28. The number of nitrogens with zero attached hydrogens (tertiary/aromatic N) is 3. The molecule has 0 aromatic heterocycles. The summed E-state index contributed by atoms with van der Waals surface area (Å²) in [5.74, 6) is -0.931. The van der Waals surface area contributed by atoms with Gasteiger partial charge in [0.1, 0.15) is 0 Å². The molecule has 2 rings (SSSR count). The first kappa shape index (κ1) is 23.6. The van der Waals surface area contributed by atoms with Gasteiger partial charge in [-0.1, -0.05) is 0 Å². The molecule has 2 heterocycles. The van der Waals surface area contributed by atoms with E-state index in [1.807, 2.05) is 0 Å². The fourth-order valence-electron chi connectivity index (χ4n) is 3.91. The zero-order chi connectivity index (χ0) is 21.1. The maximum absolute atomic E-state index is 12.3. The second kappa shape index (κ2) is 12.8. The van der Waals surface area contributed by atoms with Crippen LogP contribution in [0.3, 0.4) is 0 Å². The van der Waals surface area contributed by atoms with Crippen LogP contribution >= 0.6 is 0 Å². The third-order valence-corrected chi connectivity index (χ3v) is 5.70. The number of carboxylic acid groups (broad SMARTS) is 1. The number of carbonyl (C=O) groups excluding carboxylic acids is 2. The molecule has 9 heteroatoms. The monoisotopic (exact) mass is 422 g/mol. The van der Waals surface area contributed by atoms with Crippen LogP contribution in [0.4, 0.5) is 0 Å². The second-order valence-electron chi connectivity index (χ2n) is 8.17. The van der Waals surface area contributed by atoms with Crippen molar-refractivity contribution in [2.45, 2.75) is 44.6 Å². The minimum atomic E-state index is -0.856. The Labute approximate surface area is 173 Å². The molecule has 0 radical (unpaired) electrons. The minimum Gasteiger partial charge on any atom is -0.481 e. The molecule has 0 aliphatic carbocycles. The van der Waals surface area contributed by atoms with Crippen molar-refractivity contribution in [1.82, 2.24) is 25.3 Å². The van der Waals surface area contributed by atoms with E-state index in [9.17, 15) is 14.4 Å². The van der Waals surface area contributed by atoms with Gasteiger partial charge in [-0.15, -0.1) is 0 Å². The van der Waals surface area contributed by atoms with Crippen LogP contribution in [0, 0.1) is 0 Å². The number of amides is 2. The Bertz CT molecular complexity index is 537. The average Bonchev–Trinajstić information content (AvgIpc) is 3.10. The van der Waals surface area contributed by atoms with Crippen molar-refractivity contribution in [3.05, 3.63) is 0 Å². The molecule has 2 aliphatic heterocycles. The predicted octanol–water partition coefficient (Wildman–Crippen LogP) is -0.424. The van der Waals surface area contributed by atoms with Crippen molar-refractivity contribution in [3.63, 3.8) is 0 Å². The predicted molar refractivity (Wildman–Crippen MR) is 111 cm³/mol. The first-order valence-corrected chi connectivity index (χ1v) is 10.8. The highest BCUT2D eigenvalue weighted by Crippen LogP contribution is 2.18. The Kier molecular flexibility index (Phi) is 10.4. The van der Waals surface area contributed by atoms with Crippen LogP contribution in [0.5, 0.6) is 0 Å². The standard InChI is InChI=1S/C20H37N5O4/c1-23-11-13-24(14-12-23)15-17-5-4-10-25(17)16-19(27)22-8-2-6-18(26)21-9-3-7-20(28)29/h17H,2-16H2,1H3,(H,21,26)(H,22,27)(H,28,29)/i2+1,4+1,5+1,6+1,10+1,15+1,16+1,17+1,18+1,22+1,25+1. The van der Waals surface area contributed by atoms with E-state index in [1.165, 1.54) is 0 Å². The van der Waals surface area contributed by atoms with Crippen molar-refractivity contribution in [3.8, 4) is 0 Å². The van der Waals surface area contributed by atoms with Crippen molar-refractivity contribution in [1.29, 1.82) is 0 Å². The lowest BCUT2D eigenvalue weighted by molar-refractivity contribution is -0.137. The Balaban J connectivity index is 1.55. The zero-order valence-corrected chi connectivity index (χ0v) is 17.7. The van der Waals surface area contributed by atoms with E-state index in [4.69, 9.17) is 5.11 Å². The Morgan fingerprint density at radius 2 is 1.59 bits per heavy atom. The highest BCUT2D eigenvalue weighted by atomic mass is 16.4. The quantitative estimate of drug-likeness (QED) is 0.223. The molecule has 0 aromatic carbocycles. The summed E-state index contributed by atoms with van der Waals surface area (Å²) < 4.78 is 0. The van der Waals surface area contributed by atoms with Crippen LogP contribution in [0.1, 0.15) is 38.5 Å². The molecule has 2 amide bonds. The molecule has 0 aromatic rings. The molecule has 29 heavy (non-hydrogen) atoms. The largest absolute Gasteiger partial charge is 0.481 e.